The van der Waals surface area contributed by atoms with Crippen LogP contribution in [-0.2, 0) is 0 Å². The number of hydrogen-bond acceptors (Lipinski definition) is 5. The molecule has 3 heterocycles. The van der Waals surface area contributed by atoms with E-state index in [1.165, 1.54) is 0 Å². The van der Waals surface area contributed by atoms with Crippen molar-refractivity contribution in [2.75, 3.05) is 18.1 Å². The Labute approximate surface area is 110 Å². The van der Waals surface area contributed by atoms with Gasteiger partial charge in [0, 0.05) is 29.9 Å². The largest absolute Gasteiger partial charge is 0.373 e. The quantitative estimate of drug-likeness (QED) is 0.650. The van der Waals surface area contributed by atoms with E-state index in [0.717, 1.165) is 33.8 Å². The number of nitrogen functional groups attached to an aromatic ring is 1. The molecule has 96 valence electrons. The van der Waals surface area contributed by atoms with E-state index < -0.39 is 0 Å². The van der Waals surface area contributed by atoms with E-state index in [9.17, 15) is 0 Å². The lowest BCUT2D eigenvalue weighted by Crippen LogP contribution is -1.99. The fraction of sp³-hybridized carbons (Fsp3) is 0.154. The highest BCUT2D eigenvalue weighted by Gasteiger charge is 2.10. The Balaban J connectivity index is 2.31. The van der Waals surface area contributed by atoms with Gasteiger partial charge in [-0.05, 0) is 25.1 Å². The van der Waals surface area contributed by atoms with Gasteiger partial charge in [-0.2, -0.15) is 0 Å². The number of hydrogen-bond donors (Lipinski definition) is 3. The summed E-state index contributed by atoms with van der Waals surface area (Å²) in [7, 11) is 1.83. The number of pyridine rings is 1. The first kappa shape index (κ1) is 11.5. The number of nitrogens with two attached hydrogens (primary N) is 1. The summed E-state index contributed by atoms with van der Waals surface area (Å²) < 4.78 is 0. The van der Waals surface area contributed by atoms with E-state index in [2.05, 4.69) is 25.3 Å². The third-order valence-electron chi connectivity index (χ3n) is 2.93. The van der Waals surface area contributed by atoms with Crippen LogP contribution in [0.2, 0.25) is 0 Å². The summed E-state index contributed by atoms with van der Waals surface area (Å²) >= 11 is 0. The molecule has 0 aliphatic rings. The predicted octanol–water partition coefficient (Wildman–Crippen LogP) is 1.95. The second-order valence-corrected chi connectivity index (χ2v) is 4.30. The van der Waals surface area contributed by atoms with E-state index in [1.54, 1.807) is 0 Å². The van der Waals surface area contributed by atoms with Crippen LogP contribution in [0.1, 0.15) is 5.69 Å². The van der Waals surface area contributed by atoms with Gasteiger partial charge in [-0.1, -0.05) is 0 Å². The minimum Gasteiger partial charge on any atom is -0.373 e. The van der Waals surface area contributed by atoms with E-state index in [1.807, 2.05) is 38.4 Å². The van der Waals surface area contributed by atoms with E-state index in [4.69, 9.17) is 5.73 Å². The first-order chi connectivity index (χ1) is 9.17. The first-order valence-corrected chi connectivity index (χ1v) is 5.95. The average Bonchev–Trinajstić information content (AvgIpc) is 2.84. The standard InChI is InChI=1S/C13H14N6/c1-7-5-10(18-13(14)17-7)9-6-11(15-2)19-12-8(9)3-4-16-12/h3-6H,1-2H3,(H2,14,17,18)(H2,15,16,19). The van der Waals surface area contributed by atoms with Crippen LogP contribution in [-0.4, -0.2) is 27.0 Å². The highest BCUT2D eigenvalue weighted by molar-refractivity contribution is 5.93. The van der Waals surface area contributed by atoms with Gasteiger partial charge in [0.25, 0.3) is 0 Å². The third-order valence-corrected chi connectivity index (χ3v) is 2.93. The molecule has 0 fully saturated rings. The van der Waals surface area contributed by atoms with Crippen molar-refractivity contribution in [3.05, 3.63) is 30.1 Å². The zero-order valence-corrected chi connectivity index (χ0v) is 10.7. The molecule has 4 N–H and O–H groups in total. The van der Waals surface area contributed by atoms with Crippen LogP contribution in [0.3, 0.4) is 0 Å². The molecular formula is C13H14N6. The topological polar surface area (TPSA) is 92.5 Å². The molecule has 19 heavy (non-hydrogen) atoms. The normalized spacial score (nSPS) is 10.8. The van der Waals surface area contributed by atoms with Crippen molar-refractivity contribution < 1.29 is 0 Å². The van der Waals surface area contributed by atoms with Crippen LogP contribution in [0.15, 0.2) is 24.4 Å². The van der Waals surface area contributed by atoms with Gasteiger partial charge < -0.3 is 16.0 Å². The molecule has 0 aliphatic heterocycles. The molecule has 0 aliphatic carbocycles. The molecule has 0 saturated carbocycles. The maximum absolute atomic E-state index is 5.73. The van der Waals surface area contributed by atoms with Crippen molar-refractivity contribution in [3.63, 3.8) is 0 Å². The van der Waals surface area contributed by atoms with Crippen molar-refractivity contribution in [3.8, 4) is 11.3 Å². The summed E-state index contributed by atoms with van der Waals surface area (Å²) in [5, 5.41) is 4.05. The van der Waals surface area contributed by atoms with Gasteiger partial charge in [0.2, 0.25) is 5.95 Å². The number of nitrogens with zero attached hydrogens (tertiary/aromatic N) is 3. The molecule has 0 saturated heterocycles. The van der Waals surface area contributed by atoms with Crippen LogP contribution >= 0.6 is 0 Å². The van der Waals surface area contributed by atoms with Crippen molar-refractivity contribution in [2.45, 2.75) is 6.92 Å². The first-order valence-electron chi connectivity index (χ1n) is 5.95. The maximum atomic E-state index is 5.73. The summed E-state index contributed by atoms with van der Waals surface area (Å²) in [4.78, 5) is 16.0. The Kier molecular flexibility index (Phi) is 2.56. The molecular weight excluding hydrogens is 240 g/mol. The van der Waals surface area contributed by atoms with Gasteiger partial charge in [0.1, 0.15) is 11.5 Å². The van der Waals surface area contributed by atoms with Crippen LogP contribution < -0.4 is 11.1 Å². The third kappa shape index (κ3) is 1.97. The number of aromatic nitrogens is 4. The number of fused-ring (bicyclic) bond motifs is 1. The molecule has 6 heteroatoms. The van der Waals surface area contributed by atoms with E-state index in [-0.39, 0.29) is 5.95 Å². The Bertz CT molecular complexity index is 726. The predicted molar refractivity (Wildman–Crippen MR) is 75.8 cm³/mol. The lowest BCUT2D eigenvalue weighted by Gasteiger charge is -2.07. The molecule has 6 nitrogen and oxygen atoms in total. The molecule has 0 bridgehead atoms. The zero-order valence-electron chi connectivity index (χ0n) is 10.7. The number of aromatic amines is 1. The van der Waals surface area contributed by atoms with Crippen LogP contribution in [0.25, 0.3) is 22.3 Å². The molecule has 0 atom stereocenters. The summed E-state index contributed by atoms with van der Waals surface area (Å²) in [5.74, 6) is 1.06. The van der Waals surface area contributed by atoms with Crippen molar-refractivity contribution in [2.24, 2.45) is 0 Å². The number of nitrogens with one attached hydrogen (secondary N) is 2. The summed E-state index contributed by atoms with van der Waals surface area (Å²) in [6, 6.07) is 5.85. The number of anilines is 2. The monoisotopic (exact) mass is 254 g/mol. The molecule has 3 rings (SSSR count). The van der Waals surface area contributed by atoms with Crippen LogP contribution in [0.5, 0.6) is 0 Å². The minimum atomic E-state index is 0.279. The van der Waals surface area contributed by atoms with Gasteiger partial charge in [-0.25, -0.2) is 15.0 Å². The van der Waals surface area contributed by atoms with E-state index >= 15 is 0 Å². The minimum absolute atomic E-state index is 0.279. The van der Waals surface area contributed by atoms with Crippen LogP contribution in [0, 0.1) is 6.92 Å². The number of H-pyrrole nitrogens is 1. The highest BCUT2D eigenvalue weighted by atomic mass is 15.0. The molecule has 0 amide bonds. The van der Waals surface area contributed by atoms with Gasteiger partial charge in [-0.15, -0.1) is 0 Å². The Morgan fingerprint density at radius 2 is 2.05 bits per heavy atom. The number of aryl methyl sites for hydroxylation is 1. The number of rotatable bonds is 2. The fourth-order valence-electron chi connectivity index (χ4n) is 2.11. The van der Waals surface area contributed by atoms with E-state index in [0.29, 0.717) is 0 Å². The smallest absolute Gasteiger partial charge is 0.220 e. The van der Waals surface area contributed by atoms with Gasteiger partial charge in [0.05, 0.1) is 5.69 Å². The molecule has 0 unspecified atom stereocenters. The second kappa shape index (κ2) is 4.24. The lowest BCUT2D eigenvalue weighted by molar-refractivity contribution is 1.12. The Morgan fingerprint density at radius 3 is 2.79 bits per heavy atom. The van der Waals surface area contributed by atoms with Crippen molar-refractivity contribution in [1.29, 1.82) is 0 Å². The summed E-state index contributed by atoms with van der Waals surface area (Å²) in [6.07, 6.45) is 1.86. The van der Waals surface area contributed by atoms with Crippen LogP contribution in [0.4, 0.5) is 11.8 Å². The van der Waals surface area contributed by atoms with Gasteiger partial charge >= 0.3 is 0 Å². The van der Waals surface area contributed by atoms with Crippen molar-refractivity contribution >= 4 is 22.8 Å². The average molecular weight is 254 g/mol. The van der Waals surface area contributed by atoms with Gasteiger partial charge in [-0.3, -0.25) is 0 Å². The summed E-state index contributed by atoms with van der Waals surface area (Å²) in [5.41, 5.74) is 9.16. The van der Waals surface area contributed by atoms with Crippen molar-refractivity contribution in [1.82, 2.24) is 19.9 Å². The molecule has 0 spiro atoms. The Hall–Kier alpha value is -2.63. The SMILES string of the molecule is CNc1cc(-c2cc(C)nc(N)n2)c2cc[nH]c2n1. The molecule has 3 aromatic heterocycles. The summed E-state index contributed by atoms with van der Waals surface area (Å²) in [6.45, 7) is 1.90. The molecule has 3 aromatic rings. The lowest BCUT2D eigenvalue weighted by atomic mass is 10.1. The Morgan fingerprint density at radius 1 is 1.21 bits per heavy atom. The van der Waals surface area contributed by atoms with Gasteiger partial charge in [0.15, 0.2) is 0 Å². The zero-order chi connectivity index (χ0) is 13.4. The molecule has 0 radical (unpaired) electrons. The highest BCUT2D eigenvalue weighted by Crippen LogP contribution is 2.29. The fourth-order valence-corrected chi connectivity index (χ4v) is 2.11. The maximum Gasteiger partial charge on any atom is 0.220 e. The molecule has 0 aromatic carbocycles. The second-order valence-electron chi connectivity index (χ2n) is 4.30.